The van der Waals surface area contributed by atoms with Gasteiger partial charge in [0, 0.05) is 20.0 Å². The first-order valence-electron chi connectivity index (χ1n) is 11.8. The maximum atomic E-state index is 13.8. The van der Waals surface area contributed by atoms with Crippen LogP contribution in [-0.4, -0.2) is 51.0 Å². The number of hydrogen-bond donors (Lipinski definition) is 1. The minimum atomic E-state index is -4.80. The molecule has 3 rings (SSSR count). The van der Waals surface area contributed by atoms with Gasteiger partial charge in [0.25, 0.3) is 0 Å². The summed E-state index contributed by atoms with van der Waals surface area (Å²) in [5.41, 5.74) is -0.592. The third kappa shape index (κ3) is 7.95. The molecule has 0 spiro atoms. The van der Waals surface area contributed by atoms with Crippen molar-refractivity contribution in [3.8, 4) is 0 Å². The molecule has 0 fully saturated rings. The Morgan fingerprint density at radius 2 is 1.60 bits per heavy atom. The molecule has 3 aromatic rings. The molecule has 0 saturated heterocycles. The van der Waals surface area contributed by atoms with Gasteiger partial charge < -0.3 is 10.2 Å². The molecule has 2 amide bonds. The van der Waals surface area contributed by atoms with Crippen LogP contribution in [0.5, 0.6) is 0 Å². The molecule has 0 aliphatic heterocycles. The van der Waals surface area contributed by atoms with Gasteiger partial charge in [0.15, 0.2) is 0 Å². The number of amides is 2. The Morgan fingerprint density at radius 3 is 2.15 bits per heavy atom. The third-order valence-electron chi connectivity index (χ3n) is 6.01. The van der Waals surface area contributed by atoms with Gasteiger partial charge in [0.05, 0.1) is 22.5 Å². The predicted octanol–water partition coefficient (Wildman–Crippen LogP) is 4.65. The lowest BCUT2D eigenvalue weighted by atomic mass is 10.0. The lowest BCUT2D eigenvalue weighted by Gasteiger charge is -2.33. The minimum absolute atomic E-state index is 0.0383. The highest BCUT2D eigenvalue weighted by Crippen LogP contribution is 2.36. The molecule has 40 heavy (non-hydrogen) atoms. The van der Waals surface area contributed by atoms with E-state index >= 15 is 0 Å². The van der Waals surface area contributed by atoms with Crippen molar-refractivity contribution in [1.82, 2.24) is 10.2 Å². The molecule has 0 unspecified atom stereocenters. The van der Waals surface area contributed by atoms with Gasteiger partial charge in [-0.2, -0.15) is 13.2 Å². The van der Waals surface area contributed by atoms with Crippen LogP contribution in [0.4, 0.5) is 23.2 Å². The number of halogens is 5. The predicted molar refractivity (Wildman–Crippen MR) is 144 cm³/mol. The highest BCUT2D eigenvalue weighted by molar-refractivity contribution is 7.92. The van der Waals surface area contributed by atoms with E-state index in [-0.39, 0.29) is 18.0 Å². The van der Waals surface area contributed by atoms with Crippen LogP contribution >= 0.6 is 11.6 Å². The minimum Gasteiger partial charge on any atom is -0.357 e. The summed E-state index contributed by atoms with van der Waals surface area (Å²) in [6, 6.07) is 14.8. The number of nitrogens with zero attached hydrogens (tertiary/aromatic N) is 2. The van der Waals surface area contributed by atoms with Crippen molar-refractivity contribution in [1.29, 1.82) is 0 Å². The van der Waals surface area contributed by atoms with Gasteiger partial charge in [-0.15, -0.1) is 0 Å². The first-order chi connectivity index (χ1) is 18.7. The van der Waals surface area contributed by atoms with Gasteiger partial charge in [0.2, 0.25) is 21.8 Å². The Hall–Kier alpha value is -3.64. The molecule has 0 aromatic heterocycles. The number of nitrogens with one attached hydrogen (secondary N) is 1. The Balaban J connectivity index is 2.08. The van der Waals surface area contributed by atoms with Crippen LogP contribution in [0.15, 0.2) is 72.8 Å². The highest BCUT2D eigenvalue weighted by Gasteiger charge is 2.35. The van der Waals surface area contributed by atoms with Gasteiger partial charge in [-0.25, -0.2) is 12.8 Å². The van der Waals surface area contributed by atoms with E-state index in [4.69, 9.17) is 11.6 Å². The molecule has 0 radical (unpaired) electrons. The number of anilines is 1. The lowest BCUT2D eigenvalue weighted by molar-refractivity contribution is -0.139. The number of carbonyl (C=O) groups is 2. The number of benzene rings is 3. The molecule has 0 aliphatic rings. The second-order valence-corrected chi connectivity index (χ2v) is 11.2. The second-order valence-electron chi connectivity index (χ2n) is 8.90. The Bertz CT molecular complexity index is 1450. The monoisotopic (exact) mass is 599 g/mol. The topological polar surface area (TPSA) is 86.8 Å². The molecule has 0 aliphatic carbocycles. The van der Waals surface area contributed by atoms with Crippen LogP contribution in [0.1, 0.15) is 16.7 Å². The van der Waals surface area contributed by atoms with Crippen molar-refractivity contribution in [3.63, 3.8) is 0 Å². The van der Waals surface area contributed by atoms with Crippen molar-refractivity contribution in [3.05, 3.63) is 100 Å². The fraction of sp³-hybridized carbons (Fsp3) is 0.259. The third-order valence-corrected chi connectivity index (χ3v) is 7.45. The van der Waals surface area contributed by atoms with E-state index in [1.165, 1.54) is 19.2 Å². The maximum Gasteiger partial charge on any atom is 0.416 e. The van der Waals surface area contributed by atoms with Crippen LogP contribution < -0.4 is 9.62 Å². The van der Waals surface area contributed by atoms with E-state index in [0.29, 0.717) is 27.6 Å². The standard InChI is InChI=1S/C27H26ClF4N3O4S/c1-33-26(37)24(14-18-6-4-3-5-7-18)34(16-19-8-11-21(29)12-9-19)25(36)17-35(40(2,38)39)23-15-20(27(30,31)32)10-13-22(23)28/h3-13,15,24H,14,16-17H2,1-2H3,(H,33,37)/t24-/m1/s1. The van der Waals surface area contributed by atoms with Gasteiger partial charge in [-0.05, 0) is 41.5 Å². The molecule has 1 N–H and O–H groups in total. The maximum absolute atomic E-state index is 13.8. The Morgan fingerprint density at radius 1 is 0.975 bits per heavy atom. The smallest absolute Gasteiger partial charge is 0.357 e. The Labute approximate surface area is 234 Å². The molecule has 0 saturated carbocycles. The summed E-state index contributed by atoms with van der Waals surface area (Å²) < 4.78 is 79.7. The normalized spacial score (nSPS) is 12.5. The number of carbonyl (C=O) groups excluding carboxylic acids is 2. The molecule has 3 aromatic carbocycles. The largest absolute Gasteiger partial charge is 0.416 e. The molecule has 1 atom stereocenters. The molecular weight excluding hydrogens is 574 g/mol. The van der Waals surface area contributed by atoms with Crippen LogP contribution in [-0.2, 0) is 38.8 Å². The van der Waals surface area contributed by atoms with Gasteiger partial charge in [-0.1, -0.05) is 54.1 Å². The summed E-state index contributed by atoms with van der Waals surface area (Å²) in [5, 5.41) is 2.16. The number of hydrogen-bond acceptors (Lipinski definition) is 4. The number of alkyl halides is 3. The summed E-state index contributed by atoms with van der Waals surface area (Å²) in [6.07, 6.45) is -4.04. The number of sulfonamides is 1. The number of rotatable bonds is 10. The van der Waals surface area contributed by atoms with Crippen LogP contribution in [0, 0.1) is 5.82 Å². The summed E-state index contributed by atoms with van der Waals surface area (Å²) in [4.78, 5) is 27.9. The van der Waals surface area contributed by atoms with Crippen molar-refractivity contribution < 1.29 is 35.6 Å². The van der Waals surface area contributed by atoms with E-state index in [0.717, 1.165) is 29.4 Å². The van der Waals surface area contributed by atoms with E-state index in [1.807, 2.05) is 0 Å². The second kappa shape index (κ2) is 12.7. The quantitative estimate of drug-likeness (QED) is 0.344. The van der Waals surface area contributed by atoms with Gasteiger partial charge in [-0.3, -0.25) is 13.9 Å². The van der Waals surface area contributed by atoms with Crippen molar-refractivity contribution in [2.24, 2.45) is 0 Å². The Kier molecular flexibility index (Phi) is 9.80. The molecule has 13 heteroatoms. The molecule has 0 bridgehead atoms. The first-order valence-corrected chi connectivity index (χ1v) is 14.1. The average Bonchev–Trinajstić information content (AvgIpc) is 2.89. The van der Waals surface area contributed by atoms with Crippen LogP contribution in [0.3, 0.4) is 0 Å². The van der Waals surface area contributed by atoms with E-state index in [2.05, 4.69) is 5.32 Å². The zero-order valence-electron chi connectivity index (χ0n) is 21.5. The number of likely N-dealkylation sites (N-methyl/N-ethyl adjacent to an activating group) is 1. The summed E-state index contributed by atoms with van der Waals surface area (Å²) in [5.74, 6) is -1.99. The average molecular weight is 600 g/mol. The molecular formula is C27H26ClF4N3O4S. The highest BCUT2D eigenvalue weighted by atomic mass is 35.5. The zero-order valence-corrected chi connectivity index (χ0v) is 23.0. The SMILES string of the molecule is CNC(=O)[C@@H](Cc1ccccc1)N(Cc1ccc(F)cc1)C(=O)CN(c1cc(C(F)(F)F)ccc1Cl)S(C)(=O)=O. The molecule has 214 valence electrons. The van der Waals surface area contributed by atoms with E-state index in [1.54, 1.807) is 30.3 Å². The summed E-state index contributed by atoms with van der Waals surface area (Å²) >= 11 is 6.10. The fourth-order valence-electron chi connectivity index (χ4n) is 3.98. The van der Waals surface area contributed by atoms with Crippen LogP contribution in [0.25, 0.3) is 0 Å². The van der Waals surface area contributed by atoms with E-state index in [9.17, 15) is 35.6 Å². The van der Waals surface area contributed by atoms with E-state index < -0.39 is 57.7 Å². The molecule has 7 nitrogen and oxygen atoms in total. The summed E-state index contributed by atoms with van der Waals surface area (Å²) in [6.45, 7) is -1.18. The summed E-state index contributed by atoms with van der Waals surface area (Å²) in [7, 11) is -2.97. The van der Waals surface area contributed by atoms with Crippen molar-refractivity contribution in [2.45, 2.75) is 25.2 Å². The van der Waals surface area contributed by atoms with Gasteiger partial charge >= 0.3 is 6.18 Å². The zero-order chi connectivity index (χ0) is 29.7. The van der Waals surface area contributed by atoms with Crippen LogP contribution in [0.2, 0.25) is 5.02 Å². The molecule has 0 heterocycles. The van der Waals surface area contributed by atoms with Crippen molar-refractivity contribution >= 4 is 39.1 Å². The first kappa shape index (κ1) is 30.9. The fourth-order valence-corrected chi connectivity index (χ4v) is 5.10. The lowest BCUT2D eigenvalue weighted by Crippen LogP contribution is -2.53. The van der Waals surface area contributed by atoms with Gasteiger partial charge in [0.1, 0.15) is 18.4 Å². The van der Waals surface area contributed by atoms with Crippen molar-refractivity contribution in [2.75, 3.05) is 24.2 Å².